The highest BCUT2D eigenvalue weighted by atomic mass is 16.1. The van der Waals surface area contributed by atoms with Gasteiger partial charge >= 0.3 is 0 Å². The van der Waals surface area contributed by atoms with Crippen LogP contribution in [0.15, 0.2) is 24.3 Å². The highest BCUT2D eigenvalue weighted by Crippen LogP contribution is 2.29. The molecule has 0 atom stereocenters. The van der Waals surface area contributed by atoms with Crippen LogP contribution < -0.4 is 0 Å². The minimum Gasteiger partial charge on any atom is -0.299 e. The van der Waals surface area contributed by atoms with Crippen molar-refractivity contribution in [2.24, 2.45) is 11.8 Å². The molecule has 0 heterocycles. The number of hydrogen-bond donors (Lipinski definition) is 0. The summed E-state index contributed by atoms with van der Waals surface area (Å²) >= 11 is 0. The first-order chi connectivity index (χ1) is 8.66. The van der Waals surface area contributed by atoms with Crippen molar-refractivity contribution < 1.29 is 4.79 Å². The molecule has 0 spiro atoms. The number of benzene rings is 1. The SMILES string of the molecule is Cc1ccccc1CCC(=O)C1CCC(C)CC1. The Morgan fingerprint density at radius 2 is 1.83 bits per heavy atom. The van der Waals surface area contributed by atoms with Crippen molar-refractivity contribution in [2.75, 3.05) is 0 Å². The van der Waals surface area contributed by atoms with Gasteiger partial charge in [-0.15, -0.1) is 0 Å². The summed E-state index contributed by atoms with van der Waals surface area (Å²) in [5, 5.41) is 0. The molecule has 0 aliphatic heterocycles. The second-order valence-electron chi connectivity index (χ2n) is 5.85. The molecular weight excluding hydrogens is 220 g/mol. The second-order valence-corrected chi connectivity index (χ2v) is 5.85. The summed E-state index contributed by atoms with van der Waals surface area (Å²) in [6.07, 6.45) is 6.35. The summed E-state index contributed by atoms with van der Waals surface area (Å²) in [4.78, 5) is 12.2. The van der Waals surface area contributed by atoms with E-state index in [4.69, 9.17) is 0 Å². The summed E-state index contributed by atoms with van der Waals surface area (Å²) in [6.45, 7) is 4.43. The van der Waals surface area contributed by atoms with E-state index in [9.17, 15) is 4.79 Å². The molecular formula is C17H24O. The molecule has 1 aliphatic rings. The molecule has 1 nitrogen and oxygen atoms in total. The van der Waals surface area contributed by atoms with Crippen molar-refractivity contribution in [1.29, 1.82) is 0 Å². The number of hydrogen-bond acceptors (Lipinski definition) is 1. The Morgan fingerprint density at radius 1 is 1.17 bits per heavy atom. The Morgan fingerprint density at radius 3 is 2.50 bits per heavy atom. The van der Waals surface area contributed by atoms with Gasteiger partial charge in [-0.3, -0.25) is 4.79 Å². The molecule has 98 valence electrons. The second kappa shape index (κ2) is 6.17. The summed E-state index contributed by atoms with van der Waals surface area (Å²) in [5.74, 6) is 1.67. The molecule has 1 aromatic rings. The first kappa shape index (κ1) is 13.3. The van der Waals surface area contributed by atoms with Crippen molar-refractivity contribution in [3.63, 3.8) is 0 Å². The molecule has 0 saturated heterocycles. The highest BCUT2D eigenvalue weighted by Gasteiger charge is 2.23. The standard InChI is InChI=1S/C17H24O/c1-13-7-9-16(10-8-13)17(18)12-11-15-6-4-3-5-14(15)2/h3-6,13,16H,7-12H2,1-2H3. The average Bonchev–Trinajstić information content (AvgIpc) is 2.38. The third-order valence-corrected chi connectivity index (χ3v) is 4.37. The summed E-state index contributed by atoms with van der Waals surface area (Å²) in [6, 6.07) is 8.39. The van der Waals surface area contributed by atoms with Crippen molar-refractivity contribution in [1.82, 2.24) is 0 Å². The maximum atomic E-state index is 12.2. The molecule has 2 rings (SSSR count). The average molecular weight is 244 g/mol. The number of carbonyl (C=O) groups excluding carboxylic acids is 1. The van der Waals surface area contributed by atoms with Gasteiger partial charge in [0, 0.05) is 12.3 Å². The first-order valence-electron chi connectivity index (χ1n) is 7.24. The molecule has 0 bridgehead atoms. The highest BCUT2D eigenvalue weighted by molar-refractivity contribution is 5.81. The normalized spacial score (nSPS) is 23.9. The first-order valence-corrected chi connectivity index (χ1v) is 7.24. The molecule has 0 aromatic heterocycles. The van der Waals surface area contributed by atoms with E-state index in [1.165, 1.54) is 24.0 Å². The largest absolute Gasteiger partial charge is 0.299 e. The van der Waals surface area contributed by atoms with E-state index in [2.05, 4.69) is 38.1 Å². The topological polar surface area (TPSA) is 17.1 Å². The van der Waals surface area contributed by atoms with E-state index in [0.29, 0.717) is 11.7 Å². The Hall–Kier alpha value is -1.11. The minimum absolute atomic E-state index is 0.352. The Labute approximate surface area is 111 Å². The number of rotatable bonds is 4. The molecule has 0 radical (unpaired) electrons. The third-order valence-electron chi connectivity index (χ3n) is 4.37. The third kappa shape index (κ3) is 3.44. The van der Waals surface area contributed by atoms with Gasteiger partial charge in [0.25, 0.3) is 0 Å². The van der Waals surface area contributed by atoms with Gasteiger partial charge in [0.15, 0.2) is 0 Å². The lowest BCUT2D eigenvalue weighted by molar-refractivity contribution is -0.124. The van der Waals surface area contributed by atoms with Crippen LogP contribution in [0.3, 0.4) is 0 Å². The van der Waals surface area contributed by atoms with Crippen molar-refractivity contribution in [3.05, 3.63) is 35.4 Å². The minimum atomic E-state index is 0.352. The molecule has 0 amide bonds. The lowest BCUT2D eigenvalue weighted by atomic mass is 9.80. The van der Waals surface area contributed by atoms with Crippen molar-refractivity contribution in [2.45, 2.75) is 52.4 Å². The summed E-state index contributed by atoms with van der Waals surface area (Å²) < 4.78 is 0. The monoisotopic (exact) mass is 244 g/mol. The molecule has 1 saturated carbocycles. The maximum absolute atomic E-state index is 12.2. The van der Waals surface area contributed by atoms with Crippen molar-refractivity contribution >= 4 is 5.78 Å². The molecule has 1 aromatic carbocycles. The van der Waals surface area contributed by atoms with E-state index >= 15 is 0 Å². The van der Waals surface area contributed by atoms with Gasteiger partial charge in [-0.1, -0.05) is 44.0 Å². The van der Waals surface area contributed by atoms with Crippen LogP contribution in [-0.2, 0) is 11.2 Å². The van der Waals surface area contributed by atoms with Crippen molar-refractivity contribution in [3.8, 4) is 0 Å². The van der Waals surface area contributed by atoms with Crippen LogP contribution in [0, 0.1) is 18.8 Å². The maximum Gasteiger partial charge on any atom is 0.136 e. The Balaban J connectivity index is 1.83. The van der Waals surface area contributed by atoms with E-state index in [1.54, 1.807) is 0 Å². The summed E-state index contributed by atoms with van der Waals surface area (Å²) in [7, 11) is 0. The van der Waals surface area contributed by atoms with Crippen LogP contribution in [0.2, 0.25) is 0 Å². The van der Waals surface area contributed by atoms with Gasteiger partial charge in [0.05, 0.1) is 0 Å². The number of Topliss-reactive ketones (excluding diaryl/α,β-unsaturated/α-hetero) is 1. The predicted octanol–water partition coefficient (Wildman–Crippen LogP) is 4.32. The van der Waals surface area contributed by atoms with Gasteiger partial charge < -0.3 is 0 Å². The van der Waals surface area contributed by atoms with Crippen LogP contribution in [0.5, 0.6) is 0 Å². The van der Waals surface area contributed by atoms with Gasteiger partial charge in [-0.2, -0.15) is 0 Å². The zero-order chi connectivity index (χ0) is 13.0. The zero-order valence-electron chi connectivity index (χ0n) is 11.6. The van der Waals surface area contributed by atoms with Crippen LogP contribution in [0.4, 0.5) is 0 Å². The number of aryl methyl sites for hydroxylation is 2. The molecule has 0 N–H and O–H groups in total. The number of carbonyl (C=O) groups is 1. The van der Waals surface area contributed by atoms with E-state index in [0.717, 1.165) is 31.6 Å². The van der Waals surface area contributed by atoms with E-state index in [-0.39, 0.29) is 0 Å². The fourth-order valence-electron chi connectivity index (χ4n) is 2.93. The molecule has 1 heteroatoms. The zero-order valence-corrected chi connectivity index (χ0v) is 11.6. The Kier molecular flexibility index (Phi) is 4.57. The smallest absolute Gasteiger partial charge is 0.136 e. The predicted molar refractivity (Wildman–Crippen MR) is 75.6 cm³/mol. The number of ketones is 1. The van der Waals surface area contributed by atoms with Gasteiger partial charge in [0.1, 0.15) is 5.78 Å². The molecule has 1 fully saturated rings. The van der Waals surface area contributed by atoms with Gasteiger partial charge in [-0.25, -0.2) is 0 Å². The van der Waals surface area contributed by atoms with Gasteiger partial charge in [-0.05, 0) is 43.2 Å². The molecule has 1 aliphatic carbocycles. The van der Waals surface area contributed by atoms with Crippen LogP contribution in [0.25, 0.3) is 0 Å². The summed E-state index contributed by atoms with van der Waals surface area (Å²) in [5.41, 5.74) is 2.64. The van der Waals surface area contributed by atoms with E-state index in [1.807, 2.05) is 0 Å². The van der Waals surface area contributed by atoms with Crippen LogP contribution in [0.1, 0.15) is 50.2 Å². The lowest BCUT2D eigenvalue weighted by Gasteiger charge is -2.25. The van der Waals surface area contributed by atoms with Gasteiger partial charge in [0.2, 0.25) is 0 Å². The Bertz CT molecular complexity index is 400. The van der Waals surface area contributed by atoms with Crippen LogP contribution >= 0.6 is 0 Å². The quantitative estimate of drug-likeness (QED) is 0.770. The van der Waals surface area contributed by atoms with Crippen LogP contribution in [-0.4, -0.2) is 5.78 Å². The molecule has 18 heavy (non-hydrogen) atoms. The fourth-order valence-corrected chi connectivity index (χ4v) is 2.93. The van der Waals surface area contributed by atoms with E-state index < -0.39 is 0 Å². The lowest BCUT2D eigenvalue weighted by Crippen LogP contribution is -2.21. The molecule has 0 unspecified atom stereocenters. The fraction of sp³-hybridized carbons (Fsp3) is 0.588.